The molecule has 1 atom stereocenters. The number of carbonyl (C=O) groups is 1. The molecule has 4 rings (SSSR count). The maximum Gasteiger partial charge on any atom is 0.226 e. The number of aryl methyl sites for hydroxylation is 1. The van der Waals surface area contributed by atoms with E-state index >= 15 is 0 Å². The summed E-state index contributed by atoms with van der Waals surface area (Å²) in [6.07, 6.45) is 9.51. The van der Waals surface area contributed by atoms with E-state index in [1.165, 1.54) is 18.4 Å². The molecule has 146 valence electrons. The van der Waals surface area contributed by atoms with E-state index in [2.05, 4.69) is 11.1 Å². The third-order valence-electron chi connectivity index (χ3n) is 5.93. The number of carbonyl (C=O) groups excluding carboxylic acids is 1. The van der Waals surface area contributed by atoms with E-state index in [0.717, 1.165) is 37.1 Å². The average molecular weight is 370 g/mol. The Morgan fingerprint density at radius 1 is 1.37 bits per heavy atom. The van der Waals surface area contributed by atoms with Crippen molar-refractivity contribution >= 4 is 5.91 Å². The third-order valence-corrected chi connectivity index (χ3v) is 5.93. The molecule has 1 aromatic heterocycles. The van der Waals surface area contributed by atoms with Crippen LogP contribution in [0, 0.1) is 6.92 Å². The van der Waals surface area contributed by atoms with Crippen molar-refractivity contribution in [2.75, 3.05) is 19.7 Å². The molecule has 5 nitrogen and oxygen atoms in total. The molecule has 0 bridgehead atoms. The van der Waals surface area contributed by atoms with E-state index < -0.39 is 0 Å². The molecule has 3 aliphatic rings. The highest BCUT2D eigenvalue weighted by atomic mass is 16.5. The lowest BCUT2D eigenvalue weighted by Crippen LogP contribution is -2.67. The molecule has 1 spiro atoms. The normalized spacial score (nSPS) is 24.4. The van der Waals surface area contributed by atoms with Crippen LogP contribution in [0.3, 0.4) is 0 Å². The standard InChI is InChI=1S/C22H30N2O3/c1-17-6-5-9-19(23-17)14-26-20-10-11-27-22(13-20)15-24(16-22)21(25)12-18-7-3-2-4-8-18/h5-7,9,20H,2-4,8,10-16H2,1H3/t20-/m1/s1. The Morgan fingerprint density at radius 3 is 3.04 bits per heavy atom. The number of hydrogen-bond donors (Lipinski definition) is 0. The molecule has 0 unspecified atom stereocenters. The zero-order valence-electron chi connectivity index (χ0n) is 16.3. The molecule has 0 N–H and O–H groups in total. The van der Waals surface area contributed by atoms with Crippen LogP contribution >= 0.6 is 0 Å². The lowest BCUT2D eigenvalue weighted by molar-refractivity contribution is -0.202. The van der Waals surface area contributed by atoms with E-state index in [1.54, 1.807) is 0 Å². The minimum atomic E-state index is -0.195. The van der Waals surface area contributed by atoms with Crippen LogP contribution in [-0.4, -0.2) is 47.2 Å². The first-order chi connectivity index (χ1) is 13.1. The van der Waals surface area contributed by atoms with E-state index in [-0.39, 0.29) is 17.6 Å². The highest BCUT2D eigenvalue weighted by Gasteiger charge is 2.49. The highest BCUT2D eigenvalue weighted by Crippen LogP contribution is 2.36. The second-order valence-corrected chi connectivity index (χ2v) is 8.26. The van der Waals surface area contributed by atoms with Crippen LogP contribution in [0.15, 0.2) is 29.8 Å². The maximum absolute atomic E-state index is 12.5. The van der Waals surface area contributed by atoms with Gasteiger partial charge < -0.3 is 14.4 Å². The van der Waals surface area contributed by atoms with Gasteiger partial charge in [0.15, 0.2) is 0 Å². The summed E-state index contributed by atoms with van der Waals surface area (Å²) in [7, 11) is 0. The second-order valence-electron chi connectivity index (χ2n) is 8.26. The van der Waals surface area contributed by atoms with Gasteiger partial charge in [0, 0.05) is 25.1 Å². The number of aromatic nitrogens is 1. The molecule has 1 aliphatic carbocycles. The van der Waals surface area contributed by atoms with Gasteiger partial charge in [-0.25, -0.2) is 0 Å². The molecule has 1 amide bonds. The predicted octanol–water partition coefficient (Wildman–Crippen LogP) is 3.56. The van der Waals surface area contributed by atoms with E-state index in [4.69, 9.17) is 9.47 Å². The highest BCUT2D eigenvalue weighted by molar-refractivity contribution is 5.80. The molecular formula is C22H30N2O3. The third kappa shape index (κ3) is 4.58. The van der Waals surface area contributed by atoms with Crippen molar-refractivity contribution in [1.29, 1.82) is 0 Å². The minimum Gasteiger partial charge on any atom is -0.372 e. The quantitative estimate of drug-likeness (QED) is 0.744. The molecular weight excluding hydrogens is 340 g/mol. The number of allylic oxidation sites excluding steroid dienone is 1. The Kier molecular flexibility index (Phi) is 5.60. The fraction of sp³-hybridized carbons (Fsp3) is 0.636. The molecule has 5 heteroatoms. The summed E-state index contributed by atoms with van der Waals surface area (Å²) >= 11 is 0. The molecule has 27 heavy (non-hydrogen) atoms. The number of likely N-dealkylation sites (tertiary alicyclic amines) is 1. The summed E-state index contributed by atoms with van der Waals surface area (Å²) in [4.78, 5) is 19.0. The smallest absolute Gasteiger partial charge is 0.226 e. The number of rotatable bonds is 5. The number of ether oxygens (including phenoxy) is 2. The van der Waals surface area contributed by atoms with Crippen molar-refractivity contribution in [3.05, 3.63) is 41.2 Å². The van der Waals surface area contributed by atoms with E-state index in [0.29, 0.717) is 32.7 Å². The average Bonchev–Trinajstić information content (AvgIpc) is 2.65. The van der Waals surface area contributed by atoms with Crippen molar-refractivity contribution in [3.63, 3.8) is 0 Å². The lowest BCUT2D eigenvalue weighted by Gasteiger charge is -2.53. The fourth-order valence-electron chi connectivity index (χ4n) is 4.43. The van der Waals surface area contributed by atoms with Crippen molar-refractivity contribution in [3.8, 4) is 0 Å². The van der Waals surface area contributed by atoms with Gasteiger partial charge in [-0.2, -0.15) is 0 Å². The summed E-state index contributed by atoms with van der Waals surface area (Å²) < 4.78 is 12.2. The summed E-state index contributed by atoms with van der Waals surface area (Å²) in [6, 6.07) is 6.02. The maximum atomic E-state index is 12.5. The van der Waals surface area contributed by atoms with Gasteiger partial charge in [-0.15, -0.1) is 0 Å². The molecule has 0 radical (unpaired) electrons. The fourth-order valence-corrected chi connectivity index (χ4v) is 4.43. The monoisotopic (exact) mass is 370 g/mol. The summed E-state index contributed by atoms with van der Waals surface area (Å²) in [5, 5.41) is 0. The van der Waals surface area contributed by atoms with Crippen LogP contribution in [-0.2, 0) is 20.9 Å². The number of pyridine rings is 1. The predicted molar refractivity (Wildman–Crippen MR) is 103 cm³/mol. The SMILES string of the molecule is Cc1cccc(CO[C@@H]2CCOC3(C2)CN(C(=O)CC2=CCCCC2)C3)n1. The van der Waals surface area contributed by atoms with Gasteiger partial charge in [-0.1, -0.05) is 17.7 Å². The number of amides is 1. The van der Waals surface area contributed by atoms with Gasteiger partial charge in [-0.3, -0.25) is 9.78 Å². The molecule has 3 heterocycles. The molecule has 2 aliphatic heterocycles. The zero-order chi connectivity index (χ0) is 18.7. The Balaban J connectivity index is 1.25. The summed E-state index contributed by atoms with van der Waals surface area (Å²) in [5.41, 5.74) is 3.12. The lowest BCUT2D eigenvalue weighted by atomic mass is 9.84. The van der Waals surface area contributed by atoms with Gasteiger partial charge in [0.25, 0.3) is 0 Å². The van der Waals surface area contributed by atoms with Crippen LogP contribution in [0.5, 0.6) is 0 Å². The Hall–Kier alpha value is -1.72. The van der Waals surface area contributed by atoms with Crippen LogP contribution in [0.1, 0.15) is 56.3 Å². The molecule has 1 aromatic rings. The van der Waals surface area contributed by atoms with Crippen molar-refractivity contribution < 1.29 is 14.3 Å². The Labute approximate surface area is 161 Å². The molecule has 0 saturated carbocycles. The Morgan fingerprint density at radius 2 is 2.26 bits per heavy atom. The van der Waals surface area contributed by atoms with Crippen LogP contribution in [0.4, 0.5) is 0 Å². The van der Waals surface area contributed by atoms with Gasteiger partial charge >= 0.3 is 0 Å². The van der Waals surface area contributed by atoms with E-state index in [9.17, 15) is 4.79 Å². The van der Waals surface area contributed by atoms with Gasteiger partial charge in [-0.05, 0) is 51.2 Å². The first kappa shape index (κ1) is 18.6. The first-order valence-corrected chi connectivity index (χ1v) is 10.3. The van der Waals surface area contributed by atoms with Crippen molar-refractivity contribution in [1.82, 2.24) is 9.88 Å². The van der Waals surface area contributed by atoms with Crippen molar-refractivity contribution in [2.45, 2.75) is 70.2 Å². The van der Waals surface area contributed by atoms with Crippen LogP contribution in [0.25, 0.3) is 0 Å². The minimum absolute atomic E-state index is 0.180. The van der Waals surface area contributed by atoms with Gasteiger partial charge in [0.05, 0.1) is 31.5 Å². The second kappa shape index (κ2) is 8.11. The summed E-state index contributed by atoms with van der Waals surface area (Å²) in [5.74, 6) is 0.254. The van der Waals surface area contributed by atoms with Crippen LogP contribution < -0.4 is 0 Å². The molecule has 2 saturated heterocycles. The van der Waals surface area contributed by atoms with Gasteiger partial charge in [0.1, 0.15) is 5.60 Å². The first-order valence-electron chi connectivity index (χ1n) is 10.3. The molecule has 2 fully saturated rings. The topological polar surface area (TPSA) is 51.7 Å². The zero-order valence-corrected chi connectivity index (χ0v) is 16.3. The van der Waals surface area contributed by atoms with E-state index in [1.807, 2.05) is 30.0 Å². The molecule has 0 aromatic carbocycles. The summed E-state index contributed by atoms with van der Waals surface area (Å²) in [6.45, 7) is 4.66. The van der Waals surface area contributed by atoms with Crippen molar-refractivity contribution in [2.24, 2.45) is 0 Å². The largest absolute Gasteiger partial charge is 0.372 e. The number of hydrogen-bond acceptors (Lipinski definition) is 4. The Bertz CT molecular complexity index is 709. The van der Waals surface area contributed by atoms with Gasteiger partial charge in [0.2, 0.25) is 5.91 Å². The number of nitrogens with zero attached hydrogens (tertiary/aromatic N) is 2. The van der Waals surface area contributed by atoms with Crippen LogP contribution in [0.2, 0.25) is 0 Å².